The minimum atomic E-state index is 0.838. The molecule has 2 aromatic carbocycles. The highest BCUT2D eigenvalue weighted by molar-refractivity contribution is 7.97. The Hall–Kier alpha value is -2.66. The van der Waals surface area contributed by atoms with Gasteiger partial charge in [0.05, 0.1) is 30.2 Å². The summed E-state index contributed by atoms with van der Waals surface area (Å²) in [5.41, 5.74) is 4.23. The predicted molar refractivity (Wildman–Crippen MR) is 102 cm³/mol. The van der Waals surface area contributed by atoms with Crippen molar-refractivity contribution in [1.29, 1.82) is 0 Å². The van der Waals surface area contributed by atoms with Gasteiger partial charge in [-0.1, -0.05) is 12.1 Å². The topological polar surface area (TPSA) is 51.0 Å². The van der Waals surface area contributed by atoms with Crippen LogP contribution in [0.1, 0.15) is 11.3 Å². The zero-order valence-electron chi connectivity index (χ0n) is 13.9. The van der Waals surface area contributed by atoms with Crippen LogP contribution in [0, 0.1) is 0 Å². The van der Waals surface area contributed by atoms with Crippen LogP contribution >= 0.6 is 11.8 Å². The number of nitrogens with zero attached hydrogens (tertiary/aromatic N) is 1. The van der Waals surface area contributed by atoms with E-state index in [2.05, 4.69) is 16.0 Å². The third-order valence-electron chi connectivity index (χ3n) is 4.03. The zero-order valence-corrected chi connectivity index (χ0v) is 14.7. The fourth-order valence-corrected chi connectivity index (χ4v) is 3.70. The van der Waals surface area contributed by atoms with E-state index in [1.807, 2.05) is 48.5 Å². The second-order valence-electron chi connectivity index (χ2n) is 5.70. The normalized spacial score (nSPS) is 11.1. The molecule has 0 fully saturated rings. The maximum atomic E-state index is 5.52. The summed E-state index contributed by atoms with van der Waals surface area (Å²) in [5, 5.41) is 0. The number of furan rings is 1. The first-order valence-corrected chi connectivity index (χ1v) is 9.21. The Bertz CT molecular complexity index is 943. The summed E-state index contributed by atoms with van der Waals surface area (Å²) >= 11 is 1.80. The molecule has 0 aliphatic heterocycles. The molecule has 4 nitrogen and oxygen atoms in total. The van der Waals surface area contributed by atoms with Gasteiger partial charge in [0.25, 0.3) is 0 Å². The molecular weight excluding hydrogens is 332 g/mol. The van der Waals surface area contributed by atoms with Crippen LogP contribution in [0.25, 0.3) is 22.4 Å². The lowest BCUT2D eigenvalue weighted by Crippen LogP contribution is -1.92. The number of aromatic amines is 1. The fourth-order valence-electron chi connectivity index (χ4n) is 2.78. The van der Waals surface area contributed by atoms with Crippen LogP contribution in [0.5, 0.6) is 5.75 Å². The molecule has 126 valence electrons. The molecule has 25 heavy (non-hydrogen) atoms. The molecule has 0 unspecified atom stereocenters. The van der Waals surface area contributed by atoms with Gasteiger partial charge in [-0.15, -0.1) is 11.8 Å². The molecule has 0 atom stereocenters. The molecular formula is C20H18N2O2S. The molecule has 0 aliphatic rings. The number of hydrogen-bond donors (Lipinski definition) is 1. The molecule has 0 spiro atoms. The number of fused-ring (bicyclic) bond motifs is 1. The van der Waals surface area contributed by atoms with Crippen molar-refractivity contribution in [3.63, 3.8) is 0 Å². The van der Waals surface area contributed by atoms with Crippen molar-refractivity contribution >= 4 is 22.8 Å². The van der Waals surface area contributed by atoms with Crippen molar-refractivity contribution in [3.8, 4) is 17.1 Å². The predicted octanol–water partition coefficient (Wildman–Crippen LogP) is 5.26. The van der Waals surface area contributed by atoms with Crippen LogP contribution in [0.3, 0.4) is 0 Å². The number of ether oxygens (including phenoxy) is 1. The van der Waals surface area contributed by atoms with Crippen LogP contribution in [-0.4, -0.2) is 17.1 Å². The summed E-state index contributed by atoms with van der Waals surface area (Å²) in [7, 11) is 1.71. The van der Waals surface area contributed by atoms with E-state index in [0.717, 1.165) is 51.0 Å². The van der Waals surface area contributed by atoms with E-state index in [9.17, 15) is 0 Å². The van der Waals surface area contributed by atoms with Gasteiger partial charge in [0.1, 0.15) is 17.3 Å². The Kier molecular flexibility index (Phi) is 4.48. The number of aromatic nitrogens is 2. The van der Waals surface area contributed by atoms with Gasteiger partial charge >= 0.3 is 0 Å². The summed E-state index contributed by atoms with van der Waals surface area (Å²) in [6.45, 7) is 0. The molecule has 0 radical (unpaired) electrons. The van der Waals surface area contributed by atoms with E-state index >= 15 is 0 Å². The number of rotatable bonds is 6. The fraction of sp³-hybridized carbons (Fsp3) is 0.150. The van der Waals surface area contributed by atoms with Gasteiger partial charge in [-0.05, 0) is 42.5 Å². The molecule has 1 N–H and O–H groups in total. The summed E-state index contributed by atoms with van der Waals surface area (Å²) in [4.78, 5) is 8.06. The van der Waals surface area contributed by atoms with Crippen molar-refractivity contribution in [2.75, 3.05) is 7.11 Å². The number of benzene rings is 2. The molecule has 0 amide bonds. The third kappa shape index (κ3) is 3.42. The van der Waals surface area contributed by atoms with E-state index in [-0.39, 0.29) is 0 Å². The van der Waals surface area contributed by atoms with Crippen molar-refractivity contribution in [2.24, 2.45) is 0 Å². The molecule has 5 heteroatoms. The highest BCUT2D eigenvalue weighted by Crippen LogP contribution is 2.30. The number of hydrogen-bond acceptors (Lipinski definition) is 4. The van der Waals surface area contributed by atoms with Crippen molar-refractivity contribution in [2.45, 2.75) is 11.5 Å². The van der Waals surface area contributed by atoms with Crippen molar-refractivity contribution < 1.29 is 9.15 Å². The van der Waals surface area contributed by atoms with Crippen LogP contribution < -0.4 is 4.74 Å². The lowest BCUT2D eigenvalue weighted by Gasteiger charge is -2.09. The first-order valence-electron chi connectivity index (χ1n) is 8.05. The molecule has 2 aromatic heterocycles. The summed E-state index contributed by atoms with van der Waals surface area (Å²) in [6, 6.07) is 18.2. The van der Waals surface area contributed by atoms with E-state index in [4.69, 9.17) is 9.15 Å². The molecule has 4 aromatic rings. The summed E-state index contributed by atoms with van der Waals surface area (Å²) in [5.74, 6) is 4.44. The van der Waals surface area contributed by atoms with Crippen LogP contribution in [-0.2, 0) is 11.5 Å². The highest BCUT2D eigenvalue weighted by atomic mass is 32.2. The Labute approximate surface area is 150 Å². The van der Waals surface area contributed by atoms with Crippen LogP contribution in [0.2, 0.25) is 0 Å². The number of methoxy groups -OCH3 is 1. The van der Waals surface area contributed by atoms with Gasteiger partial charge in [-0.2, -0.15) is 0 Å². The van der Waals surface area contributed by atoms with Gasteiger partial charge in [-0.3, -0.25) is 0 Å². The molecule has 0 saturated heterocycles. The van der Waals surface area contributed by atoms with E-state index in [1.165, 1.54) is 0 Å². The smallest absolute Gasteiger partial charge is 0.138 e. The lowest BCUT2D eigenvalue weighted by atomic mass is 10.1. The number of imidazole rings is 1. The third-order valence-corrected chi connectivity index (χ3v) is 5.03. The lowest BCUT2D eigenvalue weighted by molar-refractivity contribution is 0.411. The molecule has 4 rings (SSSR count). The Morgan fingerprint density at radius 2 is 2.00 bits per heavy atom. The van der Waals surface area contributed by atoms with E-state index < -0.39 is 0 Å². The Balaban J connectivity index is 1.58. The van der Waals surface area contributed by atoms with Crippen molar-refractivity contribution in [1.82, 2.24) is 9.97 Å². The highest BCUT2D eigenvalue weighted by Gasteiger charge is 2.10. The SMILES string of the molecule is COc1ccc(-c2nc3ccccc3[nH]2)cc1CSCc1ccco1. The maximum Gasteiger partial charge on any atom is 0.138 e. The molecule has 0 saturated carbocycles. The molecule has 0 aliphatic carbocycles. The number of nitrogens with one attached hydrogen (secondary N) is 1. The van der Waals surface area contributed by atoms with Crippen molar-refractivity contribution in [3.05, 3.63) is 72.2 Å². The van der Waals surface area contributed by atoms with E-state index in [1.54, 1.807) is 25.1 Å². The quantitative estimate of drug-likeness (QED) is 0.515. The number of thioether (sulfide) groups is 1. The van der Waals surface area contributed by atoms with E-state index in [0.29, 0.717) is 0 Å². The van der Waals surface area contributed by atoms with Crippen LogP contribution in [0.15, 0.2) is 65.3 Å². The van der Waals surface area contributed by atoms with Gasteiger partial charge in [-0.25, -0.2) is 4.98 Å². The van der Waals surface area contributed by atoms with Crippen LogP contribution in [0.4, 0.5) is 0 Å². The summed E-state index contributed by atoms with van der Waals surface area (Å²) in [6.07, 6.45) is 1.71. The average Bonchev–Trinajstić information content (AvgIpc) is 3.31. The Morgan fingerprint density at radius 3 is 2.80 bits per heavy atom. The standard InChI is InChI=1S/C20H18N2O2S/c1-23-19-9-8-14(20-21-17-6-2-3-7-18(17)22-20)11-15(19)12-25-13-16-5-4-10-24-16/h2-11H,12-13H2,1H3,(H,21,22). The second kappa shape index (κ2) is 7.07. The first-order chi connectivity index (χ1) is 12.3. The Morgan fingerprint density at radius 1 is 1.08 bits per heavy atom. The number of para-hydroxylation sites is 2. The monoisotopic (exact) mass is 350 g/mol. The van der Waals surface area contributed by atoms with Gasteiger partial charge in [0, 0.05) is 16.9 Å². The van der Waals surface area contributed by atoms with Gasteiger partial charge < -0.3 is 14.1 Å². The molecule has 0 bridgehead atoms. The van der Waals surface area contributed by atoms with Gasteiger partial charge in [0.2, 0.25) is 0 Å². The second-order valence-corrected chi connectivity index (χ2v) is 6.69. The summed E-state index contributed by atoms with van der Waals surface area (Å²) < 4.78 is 10.9. The molecule has 2 heterocycles. The first kappa shape index (κ1) is 15.8. The van der Waals surface area contributed by atoms with Gasteiger partial charge in [0.15, 0.2) is 0 Å². The number of H-pyrrole nitrogens is 1. The zero-order chi connectivity index (χ0) is 17.1. The largest absolute Gasteiger partial charge is 0.496 e. The maximum absolute atomic E-state index is 5.52. The average molecular weight is 350 g/mol. The minimum absolute atomic E-state index is 0.838. The minimum Gasteiger partial charge on any atom is -0.496 e.